The molecule has 21 heavy (non-hydrogen) atoms. The van der Waals surface area contributed by atoms with Crippen LogP contribution in [0.15, 0.2) is 36.5 Å². The van der Waals surface area contributed by atoms with Gasteiger partial charge in [0.1, 0.15) is 5.75 Å². The van der Waals surface area contributed by atoms with Crippen LogP contribution in [0.1, 0.15) is 16.1 Å². The van der Waals surface area contributed by atoms with Gasteiger partial charge in [-0.3, -0.25) is 0 Å². The molecular weight excluding hydrogens is 287 g/mol. The summed E-state index contributed by atoms with van der Waals surface area (Å²) in [5, 5.41) is 8.85. The van der Waals surface area contributed by atoms with Crippen LogP contribution >= 0.6 is 0 Å². The van der Waals surface area contributed by atoms with E-state index in [1.165, 1.54) is 31.5 Å². The van der Waals surface area contributed by atoms with Gasteiger partial charge >= 0.3 is 12.1 Å². The normalized spacial score (nSPS) is 11.2. The van der Waals surface area contributed by atoms with Gasteiger partial charge in [-0.1, -0.05) is 12.1 Å². The van der Waals surface area contributed by atoms with Gasteiger partial charge < -0.3 is 9.84 Å². The first kappa shape index (κ1) is 14.8. The maximum atomic E-state index is 12.5. The molecule has 1 aromatic carbocycles. The van der Waals surface area contributed by atoms with Crippen molar-refractivity contribution < 1.29 is 27.8 Å². The van der Waals surface area contributed by atoms with Gasteiger partial charge in [0.05, 0.1) is 12.7 Å². The summed E-state index contributed by atoms with van der Waals surface area (Å²) >= 11 is 0. The molecule has 2 rings (SSSR count). The van der Waals surface area contributed by atoms with E-state index in [1.54, 1.807) is 0 Å². The summed E-state index contributed by atoms with van der Waals surface area (Å²) in [6.07, 6.45) is -3.15. The number of carbonyl (C=O) groups is 1. The first-order valence-electron chi connectivity index (χ1n) is 5.78. The van der Waals surface area contributed by atoms with E-state index >= 15 is 0 Å². The Morgan fingerprint density at radius 3 is 2.33 bits per heavy atom. The molecule has 0 radical (unpaired) electrons. The summed E-state index contributed by atoms with van der Waals surface area (Å²) in [4.78, 5) is 14.6. The molecule has 110 valence electrons. The Bertz CT molecular complexity index is 666. The number of rotatable bonds is 3. The molecule has 0 aliphatic carbocycles. The van der Waals surface area contributed by atoms with Gasteiger partial charge in [-0.2, -0.15) is 13.2 Å². The van der Waals surface area contributed by atoms with Crippen molar-refractivity contribution in [1.82, 2.24) is 4.98 Å². The number of aromatic carboxylic acids is 1. The Morgan fingerprint density at radius 1 is 1.24 bits per heavy atom. The summed E-state index contributed by atoms with van der Waals surface area (Å²) in [5.41, 5.74) is -0.108. The molecule has 7 heteroatoms. The molecule has 1 aromatic heterocycles. The zero-order chi connectivity index (χ0) is 15.6. The van der Waals surface area contributed by atoms with Crippen molar-refractivity contribution in [2.75, 3.05) is 7.11 Å². The SMILES string of the molecule is COc1cc(C(=O)O)ncc1-c1ccc(C(F)(F)F)cc1. The van der Waals surface area contributed by atoms with Crippen molar-refractivity contribution >= 4 is 5.97 Å². The fraction of sp³-hybridized carbons (Fsp3) is 0.143. The number of ether oxygens (including phenoxy) is 1. The highest BCUT2D eigenvalue weighted by Crippen LogP contribution is 2.33. The predicted octanol–water partition coefficient (Wildman–Crippen LogP) is 3.47. The van der Waals surface area contributed by atoms with E-state index in [9.17, 15) is 18.0 Å². The Morgan fingerprint density at radius 2 is 1.86 bits per heavy atom. The molecule has 0 amide bonds. The molecule has 2 aromatic rings. The molecule has 0 saturated carbocycles. The molecule has 0 fully saturated rings. The van der Waals surface area contributed by atoms with E-state index < -0.39 is 17.7 Å². The fourth-order valence-electron chi connectivity index (χ4n) is 1.78. The minimum Gasteiger partial charge on any atom is -0.496 e. The lowest BCUT2D eigenvalue weighted by molar-refractivity contribution is -0.137. The summed E-state index contributed by atoms with van der Waals surface area (Å²) < 4.78 is 42.6. The highest BCUT2D eigenvalue weighted by molar-refractivity contribution is 5.87. The summed E-state index contributed by atoms with van der Waals surface area (Å²) in [7, 11) is 1.34. The molecule has 1 N–H and O–H groups in total. The molecule has 0 bridgehead atoms. The summed E-state index contributed by atoms with van der Waals surface area (Å²) in [5.74, 6) is -0.991. The maximum Gasteiger partial charge on any atom is 0.416 e. The number of hydrogen-bond acceptors (Lipinski definition) is 3. The number of pyridine rings is 1. The van der Waals surface area contributed by atoms with Gasteiger partial charge in [0.2, 0.25) is 0 Å². The van der Waals surface area contributed by atoms with Gasteiger partial charge in [-0.25, -0.2) is 9.78 Å². The monoisotopic (exact) mass is 297 g/mol. The third kappa shape index (κ3) is 3.13. The van der Waals surface area contributed by atoms with Gasteiger partial charge in [-0.05, 0) is 17.7 Å². The minimum absolute atomic E-state index is 0.206. The van der Waals surface area contributed by atoms with Crippen molar-refractivity contribution in [2.45, 2.75) is 6.18 Å². The van der Waals surface area contributed by atoms with Crippen LogP contribution in [0.25, 0.3) is 11.1 Å². The van der Waals surface area contributed by atoms with E-state index in [1.807, 2.05) is 0 Å². The Labute approximate surface area is 117 Å². The summed E-state index contributed by atoms with van der Waals surface area (Å²) in [6, 6.07) is 5.67. The molecular formula is C14H10F3NO3. The third-order valence-electron chi connectivity index (χ3n) is 2.83. The van der Waals surface area contributed by atoms with Crippen LogP contribution in [-0.4, -0.2) is 23.2 Å². The number of halogens is 3. The van der Waals surface area contributed by atoms with Crippen LogP contribution in [0, 0.1) is 0 Å². The molecule has 0 aliphatic heterocycles. The van der Waals surface area contributed by atoms with E-state index in [0.29, 0.717) is 11.1 Å². The van der Waals surface area contributed by atoms with Gasteiger partial charge in [0.15, 0.2) is 5.69 Å². The molecule has 0 saturated heterocycles. The second-order valence-electron chi connectivity index (χ2n) is 4.15. The van der Waals surface area contributed by atoms with Crippen LogP contribution in [0.4, 0.5) is 13.2 Å². The number of carboxylic acid groups (broad SMARTS) is 1. The van der Waals surface area contributed by atoms with E-state index in [-0.39, 0.29) is 11.4 Å². The number of aromatic nitrogens is 1. The van der Waals surface area contributed by atoms with Crippen LogP contribution in [0.3, 0.4) is 0 Å². The highest BCUT2D eigenvalue weighted by atomic mass is 19.4. The van der Waals surface area contributed by atoms with Crippen molar-refractivity contribution in [3.8, 4) is 16.9 Å². The second-order valence-corrected chi connectivity index (χ2v) is 4.15. The number of nitrogens with zero attached hydrogens (tertiary/aromatic N) is 1. The lowest BCUT2D eigenvalue weighted by Crippen LogP contribution is -2.04. The van der Waals surface area contributed by atoms with Gasteiger partial charge in [0.25, 0.3) is 0 Å². The van der Waals surface area contributed by atoms with E-state index in [2.05, 4.69) is 4.98 Å². The number of methoxy groups -OCH3 is 1. The lowest BCUT2D eigenvalue weighted by atomic mass is 10.0. The smallest absolute Gasteiger partial charge is 0.416 e. The third-order valence-corrected chi connectivity index (χ3v) is 2.83. The average Bonchev–Trinajstić information content (AvgIpc) is 2.45. The fourth-order valence-corrected chi connectivity index (χ4v) is 1.78. The second kappa shape index (κ2) is 5.43. The van der Waals surface area contributed by atoms with Crippen LogP contribution < -0.4 is 4.74 Å². The molecule has 4 nitrogen and oxygen atoms in total. The quantitative estimate of drug-likeness (QED) is 0.942. The number of benzene rings is 1. The van der Waals surface area contributed by atoms with E-state index in [0.717, 1.165) is 12.1 Å². The first-order valence-corrected chi connectivity index (χ1v) is 5.78. The standard InChI is InChI=1S/C14H10F3NO3/c1-21-12-6-11(13(19)20)18-7-10(12)8-2-4-9(5-3-8)14(15,16)17/h2-7H,1H3,(H,19,20). The number of hydrogen-bond donors (Lipinski definition) is 1. The van der Waals surface area contributed by atoms with Crippen LogP contribution in [0.5, 0.6) is 5.75 Å². The zero-order valence-electron chi connectivity index (χ0n) is 10.8. The van der Waals surface area contributed by atoms with E-state index in [4.69, 9.17) is 9.84 Å². The average molecular weight is 297 g/mol. The van der Waals surface area contributed by atoms with Crippen molar-refractivity contribution in [1.29, 1.82) is 0 Å². The van der Waals surface area contributed by atoms with Crippen molar-refractivity contribution in [3.05, 3.63) is 47.8 Å². The lowest BCUT2D eigenvalue weighted by Gasteiger charge is -2.11. The zero-order valence-corrected chi connectivity index (χ0v) is 10.8. The summed E-state index contributed by atoms with van der Waals surface area (Å²) in [6.45, 7) is 0. The maximum absolute atomic E-state index is 12.5. The molecule has 0 aliphatic rings. The van der Waals surface area contributed by atoms with Crippen LogP contribution in [-0.2, 0) is 6.18 Å². The Hall–Kier alpha value is -2.57. The number of carboxylic acids is 1. The minimum atomic E-state index is -4.41. The molecule has 0 unspecified atom stereocenters. The number of alkyl halides is 3. The molecule has 1 heterocycles. The van der Waals surface area contributed by atoms with Gasteiger partial charge in [0, 0.05) is 17.8 Å². The topological polar surface area (TPSA) is 59.4 Å². The first-order chi connectivity index (χ1) is 9.82. The molecule has 0 atom stereocenters. The molecule has 0 spiro atoms. The predicted molar refractivity (Wildman–Crippen MR) is 68.2 cm³/mol. The van der Waals surface area contributed by atoms with Gasteiger partial charge in [-0.15, -0.1) is 0 Å². The Balaban J connectivity index is 2.44. The van der Waals surface area contributed by atoms with Crippen molar-refractivity contribution in [3.63, 3.8) is 0 Å². The largest absolute Gasteiger partial charge is 0.496 e. The van der Waals surface area contributed by atoms with Crippen molar-refractivity contribution in [2.24, 2.45) is 0 Å². The van der Waals surface area contributed by atoms with Crippen LogP contribution in [0.2, 0.25) is 0 Å². The Kier molecular flexibility index (Phi) is 3.84. The highest BCUT2D eigenvalue weighted by Gasteiger charge is 2.30.